The molecule has 0 spiro atoms. The van der Waals surface area contributed by atoms with Crippen molar-refractivity contribution in [3.05, 3.63) is 95.3 Å². The largest absolute Gasteiger partial charge is 0.319 e. The van der Waals surface area contributed by atoms with Crippen molar-refractivity contribution in [2.75, 3.05) is 5.32 Å². The monoisotopic (exact) mass is 398 g/mol. The van der Waals surface area contributed by atoms with Gasteiger partial charge in [-0.15, -0.1) is 0 Å². The number of rotatable bonds is 6. The summed E-state index contributed by atoms with van der Waals surface area (Å²) in [6.07, 6.45) is 0. The van der Waals surface area contributed by atoms with Crippen molar-refractivity contribution in [3.8, 4) is 0 Å². The molecule has 0 saturated carbocycles. The minimum absolute atomic E-state index is 0.0441. The second-order valence-electron chi connectivity index (χ2n) is 6.27. The van der Waals surface area contributed by atoms with Crippen molar-refractivity contribution < 1.29 is 17.6 Å². The van der Waals surface area contributed by atoms with Gasteiger partial charge in [-0.25, -0.2) is 17.5 Å². The maximum Gasteiger partial charge on any atom is 0.255 e. The average Bonchev–Trinajstić information content (AvgIpc) is 2.68. The summed E-state index contributed by atoms with van der Waals surface area (Å²) in [5, 5.41) is 2.46. The van der Waals surface area contributed by atoms with Crippen molar-refractivity contribution in [3.63, 3.8) is 0 Å². The lowest BCUT2D eigenvalue weighted by atomic mass is 10.1. The number of sulfonamides is 1. The predicted molar refractivity (Wildman–Crippen MR) is 106 cm³/mol. The van der Waals surface area contributed by atoms with Gasteiger partial charge in [0.2, 0.25) is 10.0 Å². The highest BCUT2D eigenvalue weighted by molar-refractivity contribution is 7.89. The molecule has 28 heavy (non-hydrogen) atoms. The van der Waals surface area contributed by atoms with Gasteiger partial charge in [-0.1, -0.05) is 42.0 Å². The van der Waals surface area contributed by atoms with Gasteiger partial charge in [-0.2, -0.15) is 0 Å². The number of aryl methyl sites for hydroxylation is 1. The van der Waals surface area contributed by atoms with E-state index in [1.54, 1.807) is 6.07 Å². The molecule has 0 bridgehead atoms. The van der Waals surface area contributed by atoms with Gasteiger partial charge >= 0.3 is 0 Å². The van der Waals surface area contributed by atoms with E-state index in [0.29, 0.717) is 0 Å². The van der Waals surface area contributed by atoms with E-state index >= 15 is 0 Å². The molecule has 5 nitrogen and oxygen atoms in total. The molecule has 0 heterocycles. The average molecular weight is 398 g/mol. The Kier molecular flexibility index (Phi) is 5.87. The highest BCUT2D eigenvalue weighted by Crippen LogP contribution is 2.16. The summed E-state index contributed by atoms with van der Waals surface area (Å²) in [4.78, 5) is 12.3. The van der Waals surface area contributed by atoms with Gasteiger partial charge in [0.05, 0.1) is 10.6 Å². The number of carbonyl (C=O) groups excluding carboxylic acids is 1. The molecule has 0 aliphatic heterocycles. The van der Waals surface area contributed by atoms with Gasteiger partial charge in [0.15, 0.2) is 0 Å². The van der Waals surface area contributed by atoms with Crippen molar-refractivity contribution in [1.29, 1.82) is 0 Å². The quantitative estimate of drug-likeness (QED) is 0.662. The fourth-order valence-corrected chi connectivity index (χ4v) is 3.64. The summed E-state index contributed by atoms with van der Waals surface area (Å²) in [5.41, 5.74) is 2.18. The molecule has 0 unspecified atom stereocenters. The molecular formula is C21H19FN2O3S. The zero-order chi connectivity index (χ0) is 20.1. The van der Waals surface area contributed by atoms with Gasteiger partial charge in [0, 0.05) is 12.1 Å². The Morgan fingerprint density at radius 2 is 1.68 bits per heavy atom. The molecule has 7 heteroatoms. The Morgan fingerprint density at radius 1 is 0.964 bits per heavy atom. The molecular weight excluding hydrogens is 379 g/mol. The first kappa shape index (κ1) is 19.7. The number of hydrogen-bond donors (Lipinski definition) is 2. The van der Waals surface area contributed by atoms with Crippen LogP contribution in [0.1, 0.15) is 21.5 Å². The summed E-state index contributed by atoms with van der Waals surface area (Å²) in [6, 6.07) is 18.8. The van der Waals surface area contributed by atoms with Crippen LogP contribution in [0.4, 0.5) is 10.1 Å². The Labute approximate surface area is 163 Å². The number of nitrogens with one attached hydrogen (secondary N) is 2. The van der Waals surface area contributed by atoms with E-state index in [1.165, 1.54) is 42.5 Å². The van der Waals surface area contributed by atoms with Crippen LogP contribution < -0.4 is 10.0 Å². The number of anilines is 1. The summed E-state index contributed by atoms with van der Waals surface area (Å²) in [6.45, 7) is 2.10. The molecule has 3 aromatic rings. The van der Waals surface area contributed by atoms with Crippen LogP contribution in [0.3, 0.4) is 0 Å². The Bertz CT molecular complexity index is 1100. The number of hydrogen-bond acceptors (Lipinski definition) is 3. The molecule has 1 amide bonds. The molecule has 0 aliphatic carbocycles. The lowest BCUT2D eigenvalue weighted by molar-refractivity contribution is 0.102. The molecule has 3 aromatic carbocycles. The normalized spacial score (nSPS) is 11.2. The topological polar surface area (TPSA) is 75.3 Å². The fraction of sp³-hybridized carbons (Fsp3) is 0.0952. The molecule has 144 valence electrons. The third-order valence-corrected chi connectivity index (χ3v) is 5.51. The van der Waals surface area contributed by atoms with Crippen molar-refractivity contribution in [1.82, 2.24) is 4.72 Å². The number of halogens is 1. The fourth-order valence-electron chi connectivity index (χ4n) is 2.63. The lowest BCUT2D eigenvalue weighted by Crippen LogP contribution is -2.23. The van der Waals surface area contributed by atoms with E-state index in [9.17, 15) is 17.6 Å². The van der Waals surface area contributed by atoms with Crippen LogP contribution in [0.15, 0.2) is 77.7 Å². The molecule has 3 rings (SSSR count). The van der Waals surface area contributed by atoms with Gasteiger partial charge < -0.3 is 5.32 Å². The van der Waals surface area contributed by atoms with Crippen LogP contribution in [0.5, 0.6) is 0 Å². The highest BCUT2D eigenvalue weighted by Gasteiger charge is 2.15. The van der Waals surface area contributed by atoms with E-state index in [-0.39, 0.29) is 22.7 Å². The molecule has 2 N–H and O–H groups in total. The van der Waals surface area contributed by atoms with Gasteiger partial charge in [0.25, 0.3) is 5.91 Å². The highest BCUT2D eigenvalue weighted by atomic mass is 32.2. The zero-order valence-electron chi connectivity index (χ0n) is 15.1. The molecule has 0 aromatic heterocycles. The first-order valence-corrected chi connectivity index (χ1v) is 10.0. The molecule has 0 aliphatic rings. The summed E-state index contributed by atoms with van der Waals surface area (Å²) < 4.78 is 41.1. The molecule has 0 radical (unpaired) electrons. The van der Waals surface area contributed by atoms with Crippen molar-refractivity contribution in [2.45, 2.75) is 18.4 Å². The van der Waals surface area contributed by atoms with Gasteiger partial charge in [-0.3, -0.25) is 4.79 Å². The first-order chi connectivity index (χ1) is 13.3. The Hall–Kier alpha value is -3.03. The summed E-state index contributed by atoms with van der Waals surface area (Å²) in [5.74, 6) is -1.07. The number of benzene rings is 3. The third kappa shape index (κ3) is 4.82. The van der Waals surface area contributed by atoms with E-state index in [2.05, 4.69) is 10.0 Å². The first-order valence-electron chi connectivity index (χ1n) is 8.56. The predicted octanol–water partition coefficient (Wildman–Crippen LogP) is 3.86. The smallest absolute Gasteiger partial charge is 0.255 e. The van der Waals surface area contributed by atoms with Crippen LogP contribution in [0, 0.1) is 12.7 Å². The third-order valence-electron chi connectivity index (χ3n) is 4.10. The van der Waals surface area contributed by atoms with Crippen LogP contribution in [-0.2, 0) is 16.6 Å². The maximum atomic E-state index is 13.6. The van der Waals surface area contributed by atoms with Gasteiger partial charge in [0.1, 0.15) is 5.82 Å². The molecule has 0 fully saturated rings. The minimum Gasteiger partial charge on any atom is -0.319 e. The molecule has 0 saturated heterocycles. The number of amides is 1. The number of carbonyl (C=O) groups is 1. The minimum atomic E-state index is -3.72. The van der Waals surface area contributed by atoms with Gasteiger partial charge in [-0.05, 0) is 48.9 Å². The SMILES string of the molecule is Cc1cccc(CNS(=O)(=O)c2ccc(C(=O)Nc3ccccc3F)cc2)c1. The number of para-hydroxylation sites is 1. The maximum absolute atomic E-state index is 13.6. The van der Waals surface area contributed by atoms with Crippen LogP contribution in [-0.4, -0.2) is 14.3 Å². The zero-order valence-corrected chi connectivity index (χ0v) is 16.0. The summed E-state index contributed by atoms with van der Waals surface area (Å²) >= 11 is 0. The van der Waals surface area contributed by atoms with E-state index in [0.717, 1.165) is 11.1 Å². The second kappa shape index (κ2) is 8.33. The van der Waals surface area contributed by atoms with Crippen molar-refractivity contribution in [2.24, 2.45) is 0 Å². The van der Waals surface area contributed by atoms with Crippen LogP contribution in [0.2, 0.25) is 0 Å². The van der Waals surface area contributed by atoms with Crippen molar-refractivity contribution >= 4 is 21.6 Å². The standard InChI is InChI=1S/C21H19FN2O3S/c1-15-5-4-6-16(13-15)14-23-28(26,27)18-11-9-17(10-12-18)21(25)24-20-8-3-2-7-19(20)22/h2-13,23H,14H2,1H3,(H,24,25). The Balaban J connectivity index is 1.68. The Morgan fingerprint density at radius 3 is 2.36 bits per heavy atom. The van der Waals surface area contributed by atoms with E-state index in [4.69, 9.17) is 0 Å². The second-order valence-corrected chi connectivity index (χ2v) is 8.04. The summed E-state index contributed by atoms with van der Waals surface area (Å²) in [7, 11) is -3.72. The lowest BCUT2D eigenvalue weighted by Gasteiger charge is -2.09. The van der Waals surface area contributed by atoms with E-state index in [1.807, 2.05) is 31.2 Å². The molecule has 0 atom stereocenters. The van der Waals surface area contributed by atoms with Crippen LogP contribution >= 0.6 is 0 Å². The van der Waals surface area contributed by atoms with E-state index < -0.39 is 21.7 Å². The van der Waals surface area contributed by atoms with Crippen LogP contribution in [0.25, 0.3) is 0 Å².